The minimum Gasteiger partial charge on any atom is -0.495 e. The highest BCUT2D eigenvalue weighted by Crippen LogP contribution is 2.21. The number of benzene rings is 1. The van der Waals surface area contributed by atoms with E-state index in [0.717, 1.165) is 17.9 Å². The molecule has 108 valence electrons. The molecule has 3 nitrogen and oxygen atoms in total. The Kier molecular flexibility index (Phi) is 5.91. The summed E-state index contributed by atoms with van der Waals surface area (Å²) in [5.41, 5.74) is 2.19. The maximum Gasteiger partial charge on any atom is 0.134 e. The maximum absolute atomic E-state index is 8.80. The van der Waals surface area contributed by atoms with Crippen molar-refractivity contribution in [3.05, 3.63) is 29.3 Å². The summed E-state index contributed by atoms with van der Waals surface area (Å²) in [6.45, 7) is 3.47. The van der Waals surface area contributed by atoms with Gasteiger partial charge < -0.3 is 9.84 Å². The Morgan fingerprint density at radius 3 is 2.75 bits per heavy atom. The molecule has 1 aliphatic heterocycles. The van der Waals surface area contributed by atoms with E-state index in [0.29, 0.717) is 6.42 Å². The molecule has 0 amide bonds. The highest BCUT2D eigenvalue weighted by molar-refractivity contribution is 5.48. The van der Waals surface area contributed by atoms with Crippen LogP contribution >= 0.6 is 0 Å². The zero-order valence-electron chi connectivity index (χ0n) is 12.2. The molecule has 20 heavy (non-hydrogen) atoms. The number of likely N-dealkylation sites (tertiary alicyclic amines) is 1. The predicted molar refractivity (Wildman–Crippen MR) is 80.7 cm³/mol. The number of ether oxygens (including phenoxy) is 1. The van der Waals surface area contributed by atoms with E-state index in [9.17, 15) is 0 Å². The second kappa shape index (κ2) is 7.94. The number of nitrogens with zero attached hydrogens (tertiary/aromatic N) is 1. The van der Waals surface area contributed by atoms with Gasteiger partial charge >= 0.3 is 0 Å². The van der Waals surface area contributed by atoms with Gasteiger partial charge in [-0.15, -0.1) is 0 Å². The number of methoxy groups -OCH3 is 1. The Morgan fingerprint density at radius 2 is 2.05 bits per heavy atom. The fourth-order valence-corrected chi connectivity index (χ4v) is 2.54. The van der Waals surface area contributed by atoms with Crippen LogP contribution in [-0.2, 0) is 6.54 Å². The van der Waals surface area contributed by atoms with Crippen LogP contribution in [0.2, 0.25) is 0 Å². The van der Waals surface area contributed by atoms with Gasteiger partial charge in [0.15, 0.2) is 0 Å². The second-order valence-corrected chi connectivity index (χ2v) is 5.15. The van der Waals surface area contributed by atoms with Crippen molar-refractivity contribution in [3.8, 4) is 17.6 Å². The lowest BCUT2D eigenvalue weighted by molar-refractivity contribution is 0.221. The molecule has 0 spiro atoms. The van der Waals surface area contributed by atoms with E-state index in [1.165, 1.54) is 37.9 Å². The largest absolute Gasteiger partial charge is 0.495 e. The van der Waals surface area contributed by atoms with Crippen molar-refractivity contribution in [2.24, 2.45) is 0 Å². The summed E-state index contributed by atoms with van der Waals surface area (Å²) >= 11 is 0. The molecule has 1 aromatic carbocycles. The molecule has 1 fully saturated rings. The normalized spacial score (nSPS) is 15.5. The first-order chi connectivity index (χ1) is 9.83. The third kappa shape index (κ3) is 4.26. The lowest BCUT2D eigenvalue weighted by Crippen LogP contribution is -2.29. The van der Waals surface area contributed by atoms with Crippen molar-refractivity contribution in [2.45, 2.75) is 32.2 Å². The van der Waals surface area contributed by atoms with Crippen molar-refractivity contribution >= 4 is 0 Å². The van der Waals surface area contributed by atoms with Crippen LogP contribution in [0.1, 0.15) is 36.8 Å². The quantitative estimate of drug-likeness (QED) is 0.855. The average molecular weight is 273 g/mol. The van der Waals surface area contributed by atoms with Crippen molar-refractivity contribution in [1.82, 2.24) is 4.90 Å². The topological polar surface area (TPSA) is 32.7 Å². The Balaban J connectivity index is 2.10. The van der Waals surface area contributed by atoms with Crippen LogP contribution in [0.25, 0.3) is 0 Å². The van der Waals surface area contributed by atoms with E-state index in [1.54, 1.807) is 7.11 Å². The summed E-state index contributed by atoms with van der Waals surface area (Å²) in [6.07, 6.45) is 4.47. The summed E-state index contributed by atoms with van der Waals surface area (Å²) in [4.78, 5) is 2.50. The van der Waals surface area contributed by atoms with Gasteiger partial charge in [0.05, 0.1) is 19.3 Å². The van der Waals surface area contributed by atoms with Gasteiger partial charge in [-0.25, -0.2) is 0 Å². The van der Waals surface area contributed by atoms with E-state index in [-0.39, 0.29) is 6.61 Å². The van der Waals surface area contributed by atoms with Gasteiger partial charge in [0, 0.05) is 13.0 Å². The lowest BCUT2D eigenvalue weighted by atomic mass is 10.1. The summed E-state index contributed by atoms with van der Waals surface area (Å²) in [5.74, 6) is 6.86. The van der Waals surface area contributed by atoms with Gasteiger partial charge in [-0.3, -0.25) is 4.90 Å². The van der Waals surface area contributed by atoms with Crippen LogP contribution in [0.4, 0.5) is 0 Å². The van der Waals surface area contributed by atoms with Gasteiger partial charge in [0.2, 0.25) is 0 Å². The van der Waals surface area contributed by atoms with Crippen molar-refractivity contribution in [1.29, 1.82) is 0 Å². The third-order valence-electron chi connectivity index (χ3n) is 3.58. The van der Waals surface area contributed by atoms with Crippen LogP contribution in [0.15, 0.2) is 18.2 Å². The molecule has 1 saturated heterocycles. The second-order valence-electron chi connectivity index (χ2n) is 5.15. The fourth-order valence-electron chi connectivity index (χ4n) is 2.54. The molecule has 0 aromatic heterocycles. The Morgan fingerprint density at radius 1 is 1.25 bits per heavy atom. The number of hydrogen-bond acceptors (Lipinski definition) is 3. The molecular weight excluding hydrogens is 250 g/mol. The molecule has 1 N–H and O–H groups in total. The number of hydrogen-bond donors (Lipinski definition) is 1. The molecule has 0 saturated carbocycles. The van der Waals surface area contributed by atoms with E-state index in [2.05, 4.69) is 28.9 Å². The Bertz CT molecular complexity index is 481. The molecule has 0 bridgehead atoms. The molecule has 1 heterocycles. The minimum atomic E-state index is 0.1000. The zero-order chi connectivity index (χ0) is 14.2. The molecule has 1 aromatic rings. The van der Waals surface area contributed by atoms with Gasteiger partial charge in [0.1, 0.15) is 5.75 Å². The Labute approximate surface area is 121 Å². The van der Waals surface area contributed by atoms with Crippen LogP contribution in [-0.4, -0.2) is 36.8 Å². The summed E-state index contributed by atoms with van der Waals surface area (Å²) in [5, 5.41) is 8.80. The smallest absolute Gasteiger partial charge is 0.134 e. The van der Waals surface area contributed by atoms with Crippen LogP contribution in [0.5, 0.6) is 5.75 Å². The number of aliphatic hydroxyl groups is 1. The van der Waals surface area contributed by atoms with Gasteiger partial charge in [-0.2, -0.15) is 0 Å². The lowest BCUT2D eigenvalue weighted by Gasteiger charge is -2.26. The van der Waals surface area contributed by atoms with Crippen molar-refractivity contribution in [2.75, 3.05) is 26.8 Å². The summed E-state index contributed by atoms with van der Waals surface area (Å²) in [6, 6.07) is 6.21. The molecule has 2 rings (SSSR count). The molecule has 1 aliphatic rings. The zero-order valence-corrected chi connectivity index (χ0v) is 12.2. The van der Waals surface area contributed by atoms with Crippen molar-refractivity contribution < 1.29 is 9.84 Å². The first-order valence-electron chi connectivity index (χ1n) is 7.32. The van der Waals surface area contributed by atoms with E-state index < -0.39 is 0 Å². The van der Waals surface area contributed by atoms with Crippen LogP contribution in [0, 0.1) is 11.8 Å². The molecular formula is C17H23NO2. The highest BCUT2D eigenvalue weighted by atomic mass is 16.5. The van der Waals surface area contributed by atoms with E-state index >= 15 is 0 Å². The average Bonchev–Trinajstić information content (AvgIpc) is 2.49. The molecule has 0 aliphatic carbocycles. The van der Waals surface area contributed by atoms with Gasteiger partial charge in [-0.05, 0) is 43.6 Å². The predicted octanol–water partition coefficient (Wildman–Crippen LogP) is 2.42. The monoisotopic (exact) mass is 273 g/mol. The first kappa shape index (κ1) is 14.9. The third-order valence-corrected chi connectivity index (χ3v) is 3.58. The summed E-state index contributed by atoms with van der Waals surface area (Å²) < 4.78 is 5.34. The molecule has 0 radical (unpaired) electrons. The van der Waals surface area contributed by atoms with E-state index in [1.807, 2.05) is 6.07 Å². The Hall–Kier alpha value is -1.50. The standard InChI is InChI=1S/C17H23NO2/c1-20-17-9-8-15(13-16(17)7-3-6-12-19)14-18-10-4-2-5-11-18/h8-9,13,19H,2,4-6,10-12,14H2,1H3. The minimum absolute atomic E-state index is 0.1000. The van der Waals surface area contributed by atoms with Crippen LogP contribution < -0.4 is 4.74 Å². The highest BCUT2D eigenvalue weighted by Gasteiger charge is 2.11. The van der Waals surface area contributed by atoms with E-state index in [4.69, 9.17) is 9.84 Å². The molecule has 3 heteroatoms. The van der Waals surface area contributed by atoms with Crippen molar-refractivity contribution in [3.63, 3.8) is 0 Å². The maximum atomic E-state index is 8.80. The SMILES string of the molecule is COc1ccc(CN2CCCCC2)cc1C#CCCO. The number of piperidine rings is 1. The fraction of sp³-hybridized carbons (Fsp3) is 0.529. The van der Waals surface area contributed by atoms with Gasteiger partial charge in [-0.1, -0.05) is 24.3 Å². The summed E-state index contributed by atoms with van der Waals surface area (Å²) in [7, 11) is 1.66. The molecule has 0 unspecified atom stereocenters. The van der Waals surface area contributed by atoms with Gasteiger partial charge in [0.25, 0.3) is 0 Å². The number of aliphatic hydroxyl groups excluding tert-OH is 1. The first-order valence-corrected chi connectivity index (χ1v) is 7.32. The molecule has 0 atom stereocenters. The number of rotatable bonds is 4. The van der Waals surface area contributed by atoms with Crippen LogP contribution in [0.3, 0.4) is 0 Å².